The molecule has 0 fully saturated rings. The second-order valence-corrected chi connectivity index (χ2v) is 2.95. The van der Waals surface area contributed by atoms with Gasteiger partial charge in [0, 0.05) is 18.2 Å². The SMILES string of the molecule is NCC(C(=O)O)c1cc(F)cc(F)c1O. The third kappa shape index (κ3) is 2.21. The van der Waals surface area contributed by atoms with Crippen LogP contribution in [0.15, 0.2) is 12.1 Å². The molecule has 82 valence electrons. The van der Waals surface area contributed by atoms with Crippen molar-refractivity contribution in [3.63, 3.8) is 0 Å². The van der Waals surface area contributed by atoms with Crippen LogP contribution in [-0.2, 0) is 4.79 Å². The standard InChI is InChI=1S/C9H9F2NO3/c10-4-1-5(6(3-12)9(14)15)8(13)7(11)2-4/h1-2,6,13H,3,12H2,(H,14,15). The maximum atomic E-state index is 12.9. The van der Waals surface area contributed by atoms with Crippen LogP contribution >= 0.6 is 0 Å². The lowest BCUT2D eigenvalue weighted by atomic mass is 9.98. The lowest BCUT2D eigenvalue weighted by molar-refractivity contribution is -0.138. The molecule has 1 unspecified atom stereocenters. The highest BCUT2D eigenvalue weighted by atomic mass is 19.1. The number of aromatic hydroxyl groups is 1. The van der Waals surface area contributed by atoms with Crippen LogP contribution in [0.2, 0.25) is 0 Å². The maximum Gasteiger partial charge on any atom is 0.312 e. The van der Waals surface area contributed by atoms with Crippen molar-refractivity contribution >= 4 is 5.97 Å². The molecule has 0 saturated heterocycles. The molecular weight excluding hydrogens is 208 g/mol. The number of phenolic OH excluding ortho intramolecular Hbond substituents is 1. The zero-order chi connectivity index (χ0) is 11.6. The second kappa shape index (κ2) is 4.22. The van der Waals surface area contributed by atoms with E-state index in [4.69, 9.17) is 10.8 Å². The molecule has 0 aliphatic heterocycles. The fourth-order valence-corrected chi connectivity index (χ4v) is 1.21. The predicted octanol–water partition coefficient (Wildman–Crippen LogP) is 0.797. The molecule has 0 aliphatic rings. The average molecular weight is 217 g/mol. The fraction of sp³-hybridized carbons (Fsp3) is 0.222. The van der Waals surface area contributed by atoms with Crippen LogP contribution in [0.5, 0.6) is 5.75 Å². The molecule has 0 amide bonds. The number of phenols is 1. The van der Waals surface area contributed by atoms with E-state index >= 15 is 0 Å². The molecule has 1 aromatic rings. The third-order valence-corrected chi connectivity index (χ3v) is 1.97. The Morgan fingerprint density at radius 3 is 2.53 bits per heavy atom. The molecule has 0 saturated carbocycles. The zero-order valence-corrected chi connectivity index (χ0v) is 7.58. The highest BCUT2D eigenvalue weighted by Gasteiger charge is 2.24. The molecule has 4 nitrogen and oxygen atoms in total. The van der Waals surface area contributed by atoms with Crippen molar-refractivity contribution in [2.75, 3.05) is 6.54 Å². The third-order valence-electron chi connectivity index (χ3n) is 1.97. The zero-order valence-electron chi connectivity index (χ0n) is 7.58. The molecular formula is C9H9F2NO3. The minimum atomic E-state index is -1.35. The Bertz CT molecular complexity index is 395. The van der Waals surface area contributed by atoms with Gasteiger partial charge in [-0.25, -0.2) is 8.78 Å². The molecule has 1 rings (SSSR count). The molecule has 6 heteroatoms. The summed E-state index contributed by atoms with van der Waals surface area (Å²) >= 11 is 0. The van der Waals surface area contributed by atoms with Crippen LogP contribution < -0.4 is 5.73 Å². The van der Waals surface area contributed by atoms with Gasteiger partial charge >= 0.3 is 5.97 Å². The lowest BCUT2D eigenvalue weighted by Gasteiger charge is -2.12. The molecule has 1 atom stereocenters. The van der Waals surface area contributed by atoms with E-state index in [1.54, 1.807) is 0 Å². The second-order valence-electron chi connectivity index (χ2n) is 2.95. The van der Waals surface area contributed by atoms with Gasteiger partial charge in [-0.2, -0.15) is 0 Å². The first kappa shape index (κ1) is 11.4. The van der Waals surface area contributed by atoms with Gasteiger partial charge in [0.25, 0.3) is 0 Å². The van der Waals surface area contributed by atoms with Crippen molar-refractivity contribution in [2.24, 2.45) is 5.73 Å². The monoisotopic (exact) mass is 217 g/mol. The summed E-state index contributed by atoms with van der Waals surface area (Å²) in [4.78, 5) is 10.7. The Morgan fingerprint density at radius 1 is 1.47 bits per heavy atom. The number of nitrogens with two attached hydrogens (primary N) is 1. The number of carboxylic acid groups (broad SMARTS) is 1. The first-order chi connectivity index (χ1) is 6.97. The fourth-order valence-electron chi connectivity index (χ4n) is 1.21. The van der Waals surface area contributed by atoms with E-state index in [0.717, 1.165) is 6.07 Å². The summed E-state index contributed by atoms with van der Waals surface area (Å²) in [6.45, 7) is -0.355. The summed E-state index contributed by atoms with van der Waals surface area (Å²) in [7, 11) is 0. The van der Waals surface area contributed by atoms with Crippen molar-refractivity contribution in [1.29, 1.82) is 0 Å². The van der Waals surface area contributed by atoms with Crippen LogP contribution in [0.25, 0.3) is 0 Å². The van der Waals surface area contributed by atoms with Gasteiger partial charge in [-0.05, 0) is 6.07 Å². The topological polar surface area (TPSA) is 83.6 Å². The summed E-state index contributed by atoms with van der Waals surface area (Å²) in [5.74, 6) is -5.72. The van der Waals surface area contributed by atoms with Crippen LogP contribution in [-0.4, -0.2) is 22.7 Å². The normalized spacial score (nSPS) is 12.5. The quantitative estimate of drug-likeness (QED) is 0.699. The van der Waals surface area contributed by atoms with E-state index in [9.17, 15) is 18.7 Å². The number of rotatable bonds is 3. The van der Waals surface area contributed by atoms with Gasteiger partial charge in [-0.3, -0.25) is 4.79 Å². The minimum absolute atomic E-state index is 0.355. The smallest absolute Gasteiger partial charge is 0.312 e. The highest BCUT2D eigenvalue weighted by molar-refractivity contribution is 5.77. The molecule has 1 aromatic carbocycles. The Hall–Kier alpha value is -1.69. The first-order valence-corrected chi connectivity index (χ1v) is 4.08. The van der Waals surface area contributed by atoms with E-state index in [0.29, 0.717) is 6.07 Å². The van der Waals surface area contributed by atoms with Crippen molar-refractivity contribution in [2.45, 2.75) is 5.92 Å². The Morgan fingerprint density at radius 2 is 2.07 bits per heavy atom. The van der Waals surface area contributed by atoms with Gasteiger partial charge in [0.1, 0.15) is 5.82 Å². The molecule has 0 radical (unpaired) electrons. The number of carboxylic acids is 1. The summed E-state index contributed by atoms with van der Waals surface area (Å²) in [6, 6.07) is 1.22. The van der Waals surface area contributed by atoms with Crippen molar-refractivity contribution < 1.29 is 23.8 Å². The molecule has 4 N–H and O–H groups in total. The maximum absolute atomic E-state index is 12.9. The summed E-state index contributed by atoms with van der Waals surface area (Å²) < 4.78 is 25.7. The van der Waals surface area contributed by atoms with Gasteiger partial charge < -0.3 is 15.9 Å². The van der Waals surface area contributed by atoms with Gasteiger partial charge in [-0.15, -0.1) is 0 Å². The highest BCUT2D eigenvalue weighted by Crippen LogP contribution is 2.29. The minimum Gasteiger partial charge on any atom is -0.505 e. The molecule has 0 aromatic heterocycles. The van der Waals surface area contributed by atoms with Crippen LogP contribution in [0.3, 0.4) is 0 Å². The van der Waals surface area contributed by atoms with E-state index in [1.807, 2.05) is 0 Å². The van der Waals surface area contributed by atoms with E-state index in [2.05, 4.69) is 0 Å². The first-order valence-electron chi connectivity index (χ1n) is 4.08. The van der Waals surface area contributed by atoms with Crippen molar-refractivity contribution in [3.8, 4) is 5.75 Å². The van der Waals surface area contributed by atoms with Crippen molar-refractivity contribution in [3.05, 3.63) is 29.3 Å². The molecule has 0 bridgehead atoms. The van der Waals surface area contributed by atoms with Gasteiger partial charge in [0.15, 0.2) is 11.6 Å². The molecule has 0 spiro atoms. The van der Waals surface area contributed by atoms with Crippen molar-refractivity contribution in [1.82, 2.24) is 0 Å². The van der Waals surface area contributed by atoms with E-state index in [-0.39, 0.29) is 12.1 Å². The predicted molar refractivity (Wildman–Crippen MR) is 47.5 cm³/mol. The summed E-state index contributed by atoms with van der Waals surface area (Å²) in [6.07, 6.45) is 0. The number of benzene rings is 1. The van der Waals surface area contributed by atoms with Gasteiger partial charge in [0.2, 0.25) is 0 Å². The van der Waals surface area contributed by atoms with Crippen LogP contribution in [0, 0.1) is 11.6 Å². The van der Waals surface area contributed by atoms with Crippen LogP contribution in [0.1, 0.15) is 11.5 Å². The molecule has 15 heavy (non-hydrogen) atoms. The van der Waals surface area contributed by atoms with Gasteiger partial charge in [-0.1, -0.05) is 0 Å². The lowest BCUT2D eigenvalue weighted by Crippen LogP contribution is -2.21. The number of halogens is 2. The Kier molecular flexibility index (Phi) is 3.21. The van der Waals surface area contributed by atoms with E-state index < -0.39 is 29.3 Å². The molecule has 0 heterocycles. The largest absolute Gasteiger partial charge is 0.505 e. The van der Waals surface area contributed by atoms with E-state index in [1.165, 1.54) is 0 Å². The number of aliphatic carboxylic acids is 1. The molecule has 0 aliphatic carbocycles. The van der Waals surface area contributed by atoms with Crippen LogP contribution in [0.4, 0.5) is 8.78 Å². The Balaban J connectivity index is 3.28. The average Bonchev–Trinajstić information content (AvgIpc) is 2.13. The van der Waals surface area contributed by atoms with Gasteiger partial charge in [0.05, 0.1) is 5.92 Å². The summed E-state index contributed by atoms with van der Waals surface area (Å²) in [5, 5.41) is 17.9. The Labute approximate surface area is 83.9 Å². The number of carbonyl (C=O) groups is 1. The number of hydrogen-bond acceptors (Lipinski definition) is 3. The summed E-state index contributed by atoms with van der Waals surface area (Å²) in [5.41, 5.74) is 4.78. The number of hydrogen-bond donors (Lipinski definition) is 3.